The number of ether oxygens (including phenoxy) is 1. The summed E-state index contributed by atoms with van der Waals surface area (Å²) in [6.07, 6.45) is 4.44. The van der Waals surface area contributed by atoms with E-state index in [1.165, 1.54) is 5.56 Å². The van der Waals surface area contributed by atoms with E-state index in [1.807, 2.05) is 36.4 Å². The predicted octanol–water partition coefficient (Wildman–Crippen LogP) is 4.45. The molecule has 0 unspecified atom stereocenters. The molecule has 3 nitrogen and oxygen atoms in total. The molecule has 26 heavy (non-hydrogen) atoms. The SMILES string of the molecule is COc1cccc(C2(N(C)C)CCC(C(=O)Cc3ccccc3)CC2)c1. The Morgan fingerprint density at radius 3 is 2.38 bits per heavy atom. The van der Waals surface area contributed by atoms with Gasteiger partial charge in [0, 0.05) is 17.9 Å². The van der Waals surface area contributed by atoms with Crippen LogP contribution in [0.1, 0.15) is 36.8 Å². The van der Waals surface area contributed by atoms with E-state index in [9.17, 15) is 4.79 Å². The second-order valence-electron chi connectivity index (χ2n) is 7.56. The largest absolute Gasteiger partial charge is 0.497 e. The number of Topliss-reactive ketones (excluding diaryl/α,β-unsaturated/α-hetero) is 1. The van der Waals surface area contributed by atoms with Crippen molar-refractivity contribution in [1.29, 1.82) is 0 Å². The van der Waals surface area contributed by atoms with Gasteiger partial charge in [0.05, 0.1) is 7.11 Å². The van der Waals surface area contributed by atoms with Crippen molar-refractivity contribution in [2.75, 3.05) is 21.2 Å². The first-order valence-corrected chi connectivity index (χ1v) is 9.44. The molecule has 0 amide bonds. The maximum atomic E-state index is 12.8. The van der Waals surface area contributed by atoms with Gasteiger partial charge in [-0.15, -0.1) is 0 Å². The first-order chi connectivity index (χ1) is 12.5. The zero-order chi connectivity index (χ0) is 18.6. The number of nitrogens with zero attached hydrogens (tertiary/aromatic N) is 1. The average molecular weight is 351 g/mol. The van der Waals surface area contributed by atoms with Crippen molar-refractivity contribution in [3.05, 3.63) is 65.7 Å². The second-order valence-corrected chi connectivity index (χ2v) is 7.56. The highest BCUT2D eigenvalue weighted by molar-refractivity contribution is 5.83. The summed E-state index contributed by atoms with van der Waals surface area (Å²) >= 11 is 0. The van der Waals surface area contributed by atoms with Crippen LogP contribution in [0.5, 0.6) is 5.75 Å². The van der Waals surface area contributed by atoms with Gasteiger partial charge in [-0.05, 0) is 63.0 Å². The number of carbonyl (C=O) groups excluding carboxylic acids is 1. The Hall–Kier alpha value is -2.13. The number of hydrogen-bond acceptors (Lipinski definition) is 3. The number of ketones is 1. The van der Waals surface area contributed by atoms with Crippen molar-refractivity contribution >= 4 is 5.78 Å². The molecule has 1 fully saturated rings. The zero-order valence-corrected chi connectivity index (χ0v) is 16.1. The number of carbonyl (C=O) groups is 1. The molecule has 0 spiro atoms. The van der Waals surface area contributed by atoms with Gasteiger partial charge in [0.2, 0.25) is 0 Å². The van der Waals surface area contributed by atoms with Gasteiger partial charge in [0.1, 0.15) is 11.5 Å². The van der Waals surface area contributed by atoms with Crippen LogP contribution >= 0.6 is 0 Å². The van der Waals surface area contributed by atoms with E-state index in [0.29, 0.717) is 12.2 Å². The molecular formula is C23H29NO2. The summed E-state index contributed by atoms with van der Waals surface area (Å²) in [4.78, 5) is 15.1. The lowest BCUT2D eigenvalue weighted by Gasteiger charge is -2.45. The smallest absolute Gasteiger partial charge is 0.140 e. The van der Waals surface area contributed by atoms with Gasteiger partial charge >= 0.3 is 0 Å². The molecule has 138 valence electrons. The Labute approximate surface area is 157 Å². The van der Waals surface area contributed by atoms with Crippen LogP contribution in [-0.4, -0.2) is 31.9 Å². The van der Waals surface area contributed by atoms with E-state index in [4.69, 9.17) is 4.74 Å². The fourth-order valence-electron chi connectivity index (χ4n) is 4.27. The molecule has 0 heterocycles. The fraction of sp³-hybridized carbons (Fsp3) is 0.435. The summed E-state index contributed by atoms with van der Waals surface area (Å²) in [5.41, 5.74) is 2.39. The molecule has 0 N–H and O–H groups in total. The number of rotatable bonds is 6. The number of benzene rings is 2. The van der Waals surface area contributed by atoms with Crippen LogP contribution in [-0.2, 0) is 16.8 Å². The molecule has 0 bridgehead atoms. The van der Waals surface area contributed by atoms with Gasteiger partial charge in [-0.2, -0.15) is 0 Å². The van der Waals surface area contributed by atoms with Crippen LogP contribution in [0.3, 0.4) is 0 Å². The highest BCUT2D eigenvalue weighted by atomic mass is 16.5. The maximum Gasteiger partial charge on any atom is 0.140 e. The highest BCUT2D eigenvalue weighted by Gasteiger charge is 2.40. The third-order valence-corrected chi connectivity index (χ3v) is 5.95. The summed E-state index contributed by atoms with van der Waals surface area (Å²) in [6.45, 7) is 0. The van der Waals surface area contributed by atoms with E-state index in [0.717, 1.165) is 37.0 Å². The highest BCUT2D eigenvalue weighted by Crippen LogP contribution is 2.44. The average Bonchev–Trinajstić information content (AvgIpc) is 2.68. The quantitative estimate of drug-likeness (QED) is 0.770. The number of hydrogen-bond donors (Lipinski definition) is 0. The lowest BCUT2D eigenvalue weighted by Crippen LogP contribution is -2.45. The Kier molecular flexibility index (Phi) is 5.77. The first-order valence-electron chi connectivity index (χ1n) is 9.44. The van der Waals surface area contributed by atoms with Crippen molar-refractivity contribution in [2.24, 2.45) is 5.92 Å². The van der Waals surface area contributed by atoms with Gasteiger partial charge < -0.3 is 4.74 Å². The van der Waals surface area contributed by atoms with E-state index >= 15 is 0 Å². The van der Waals surface area contributed by atoms with Crippen molar-refractivity contribution in [1.82, 2.24) is 4.90 Å². The molecule has 2 aromatic rings. The van der Waals surface area contributed by atoms with E-state index in [2.05, 4.69) is 37.2 Å². The van der Waals surface area contributed by atoms with Crippen molar-refractivity contribution in [2.45, 2.75) is 37.6 Å². The Morgan fingerprint density at radius 2 is 1.77 bits per heavy atom. The molecular weight excluding hydrogens is 322 g/mol. The Morgan fingerprint density at radius 1 is 1.08 bits per heavy atom. The summed E-state index contributed by atoms with van der Waals surface area (Å²) in [5, 5.41) is 0. The second kappa shape index (κ2) is 8.05. The standard InChI is InChI=1S/C23H29NO2/c1-24(2)23(20-10-7-11-21(17-20)26-3)14-12-19(13-15-23)22(25)16-18-8-5-4-6-9-18/h4-11,17,19H,12-16H2,1-3H3. The van der Waals surface area contributed by atoms with Crippen molar-refractivity contribution in [3.63, 3.8) is 0 Å². The van der Waals surface area contributed by atoms with E-state index in [-0.39, 0.29) is 11.5 Å². The topological polar surface area (TPSA) is 29.5 Å². The van der Waals surface area contributed by atoms with Crippen LogP contribution in [0.2, 0.25) is 0 Å². The summed E-state index contributed by atoms with van der Waals surface area (Å²) < 4.78 is 5.42. The first kappa shape index (κ1) is 18.7. The zero-order valence-electron chi connectivity index (χ0n) is 16.1. The molecule has 0 aromatic heterocycles. The van der Waals surface area contributed by atoms with Gasteiger partial charge in [-0.3, -0.25) is 9.69 Å². The van der Waals surface area contributed by atoms with Crippen LogP contribution < -0.4 is 4.74 Å². The van der Waals surface area contributed by atoms with Crippen molar-refractivity contribution in [3.8, 4) is 5.75 Å². The molecule has 0 atom stereocenters. The lowest BCUT2D eigenvalue weighted by atomic mass is 9.70. The van der Waals surface area contributed by atoms with Gasteiger partial charge in [0.25, 0.3) is 0 Å². The molecule has 1 aliphatic carbocycles. The fourth-order valence-corrected chi connectivity index (χ4v) is 4.27. The predicted molar refractivity (Wildman–Crippen MR) is 105 cm³/mol. The summed E-state index contributed by atoms with van der Waals surface area (Å²) in [5.74, 6) is 1.45. The molecule has 0 aliphatic heterocycles. The molecule has 1 aliphatic rings. The van der Waals surface area contributed by atoms with Gasteiger partial charge in [0.15, 0.2) is 0 Å². The van der Waals surface area contributed by atoms with Gasteiger partial charge in [-0.25, -0.2) is 0 Å². The number of methoxy groups -OCH3 is 1. The third kappa shape index (κ3) is 3.83. The molecule has 3 heteroatoms. The van der Waals surface area contributed by atoms with Crippen LogP contribution in [0.25, 0.3) is 0 Å². The molecule has 1 saturated carbocycles. The summed E-state index contributed by atoms with van der Waals surface area (Å²) in [6, 6.07) is 18.5. The van der Waals surface area contributed by atoms with Crippen LogP contribution in [0, 0.1) is 5.92 Å². The van der Waals surface area contributed by atoms with Crippen LogP contribution in [0.4, 0.5) is 0 Å². The van der Waals surface area contributed by atoms with Crippen LogP contribution in [0.15, 0.2) is 54.6 Å². The molecule has 3 rings (SSSR count). The minimum Gasteiger partial charge on any atom is -0.497 e. The Balaban J connectivity index is 1.72. The van der Waals surface area contributed by atoms with Gasteiger partial charge in [-0.1, -0.05) is 42.5 Å². The van der Waals surface area contributed by atoms with Crippen molar-refractivity contribution < 1.29 is 9.53 Å². The monoisotopic (exact) mass is 351 g/mol. The summed E-state index contributed by atoms with van der Waals surface area (Å²) in [7, 11) is 6.00. The lowest BCUT2D eigenvalue weighted by molar-refractivity contribution is -0.124. The minimum absolute atomic E-state index is 0.0158. The molecule has 0 radical (unpaired) electrons. The van der Waals surface area contributed by atoms with E-state index in [1.54, 1.807) is 7.11 Å². The third-order valence-electron chi connectivity index (χ3n) is 5.95. The Bertz CT molecular complexity index is 731. The van der Waals surface area contributed by atoms with E-state index < -0.39 is 0 Å². The molecule has 0 saturated heterocycles. The normalized spacial score (nSPS) is 23.0. The minimum atomic E-state index is -0.0158. The molecule has 2 aromatic carbocycles. The maximum absolute atomic E-state index is 12.8.